The van der Waals surface area contributed by atoms with Gasteiger partial charge in [0.1, 0.15) is 16.7 Å². The van der Waals surface area contributed by atoms with Crippen molar-refractivity contribution in [3.05, 3.63) is 51.7 Å². The van der Waals surface area contributed by atoms with E-state index in [1.807, 2.05) is 0 Å². The fourth-order valence-electron chi connectivity index (χ4n) is 1.57. The van der Waals surface area contributed by atoms with Gasteiger partial charge in [0, 0.05) is 11.6 Å². The van der Waals surface area contributed by atoms with Crippen molar-refractivity contribution < 1.29 is 9.13 Å². The number of benzene rings is 1. The largest absolute Gasteiger partial charge is 0.496 e. The molecule has 0 atom stereocenters. The molecular weight excluding hydrogens is 245 g/mol. The first-order chi connectivity index (χ1) is 8.10. The summed E-state index contributed by atoms with van der Waals surface area (Å²) in [4.78, 5) is 13.7. The number of H-pyrrole nitrogens is 1. The molecule has 88 valence electrons. The van der Waals surface area contributed by atoms with Gasteiger partial charge in [-0.15, -0.1) is 0 Å². The van der Waals surface area contributed by atoms with E-state index in [1.54, 1.807) is 6.07 Å². The molecule has 0 spiro atoms. The SMILES string of the molecule is COc1ccc(F)cc1-c1cc(Cl)[nH]c(=O)c1. The highest BCUT2D eigenvalue weighted by atomic mass is 35.5. The van der Waals surface area contributed by atoms with Crippen molar-refractivity contribution in [2.24, 2.45) is 0 Å². The van der Waals surface area contributed by atoms with Gasteiger partial charge in [-0.05, 0) is 29.8 Å². The first-order valence-electron chi connectivity index (χ1n) is 4.84. The predicted octanol–water partition coefficient (Wildman–Crippen LogP) is 2.84. The monoisotopic (exact) mass is 253 g/mol. The van der Waals surface area contributed by atoms with Gasteiger partial charge < -0.3 is 9.72 Å². The molecule has 1 heterocycles. The lowest BCUT2D eigenvalue weighted by atomic mass is 10.1. The van der Waals surface area contributed by atoms with Crippen LogP contribution >= 0.6 is 11.6 Å². The van der Waals surface area contributed by atoms with E-state index >= 15 is 0 Å². The molecule has 3 nitrogen and oxygen atoms in total. The molecule has 0 aliphatic rings. The maximum atomic E-state index is 13.2. The summed E-state index contributed by atoms with van der Waals surface area (Å²) in [6, 6.07) is 6.96. The number of halogens is 2. The number of aromatic amines is 1. The zero-order valence-electron chi connectivity index (χ0n) is 8.96. The standard InChI is InChI=1S/C12H9ClFNO2/c1-17-10-3-2-8(14)6-9(10)7-4-11(13)15-12(16)5-7/h2-6H,1H3,(H,15,16). The molecule has 0 unspecified atom stereocenters. The molecule has 0 aliphatic heterocycles. The predicted molar refractivity (Wildman–Crippen MR) is 64.0 cm³/mol. The van der Waals surface area contributed by atoms with Crippen LogP contribution in [0.3, 0.4) is 0 Å². The van der Waals surface area contributed by atoms with E-state index in [-0.39, 0.29) is 10.7 Å². The summed E-state index contributed by atoms with van der Waals surface area (Å²) in [5.74, 6) is 0.0743. The Kier molecular flexibility index (Phi) is 3.15. The Morgan fingerprint density at radius 1 is 1.29 bits per heavy atom. The molecule has 2 rings (SSSR count). The number of aromatic nitrogens is 1. The molecule has 5 heteroatoms. The molecular formula is C12H9ClFNO2. The molecule has 0 fully saturated rings. The second kappa shape index (κ2) is 4.59. The van der Waals surface area contributed by atoms with Gasteiger partial charge in [-0.3, -0.25) is 4.79 Å². The van der Waals surface area contributed by atoms with E-state index in [0.29, 0.717) is 16.9 Å². The summed E-state index contributed by atoms with van der Waals surface area (Å²) in [7, 11) is 1.48. The van der Waals surface area contributed by atoms with Crippen LogP contribution in [0, 0.1) is 5.82 Å². The van der Waals surface area contributed by atoms with Crippen LogP contribution in [0.25, 0.3) is 11.1 Å². The number of ether oxygens (including phenoxy) is 1. The molecule has 0 amide bonds. The Bertz CT molecular complexity index is 610. The van der Waals surface area contributed by atoms with Gasteiger partial charge in [0.2, 0.25) is 5.56 Å². The molecule has 0 saturated heterocycles. The summed E-state index contributed by atoms with van der Waals surface area (Å²) in [6.45, 7) is 0. The first kappa shape index (κ1) is 11.7. The average molecular weight is 254 g/mol. The van der Waals surface area contributed by atoms with Crippen LogP contribution in [0.15, 0.2) is 35.1 Å². The van der Waals surface area contributed by atoms with Gasteiger partial charge in [0.05, 0.1) is 7.11 Å². The summed E-state index contributed by atoms with van der Waals surface area (Å²) in [6.07, 6.45) is 0. The molecule has 1 N–H and O–H groups in total. The maximum Gasteiger partial charge on any atom is 0.249 e. The van der Waals surface area contributed by atoms with Crippen LogP contribution in [0.1, 0.15) is 0 Å². The zero-order valence-corrected chi connectivity index (χ0v) is 9.72. The Balaban J connectivity index is 2.66. The van der Waals surface area contributed by atoms with Crippen LogP contribution in [0.5, 0.6) is 5.75 Å². The van der Waals surface area contributed by atoms with Gasteiger partial charge >= 0.3 is 0 Å². The Labute approximate surface area is 102 Å². The Morgan fingerprint density at radius 2 is 2.06 bits per heavy atom. The van der Waals surface area contributed by atoms with Crippen LogP contribution < -0.4 is 10.3 Å². The Hall–Kier alpha value is -1.81. The fourth-order valence-corrected chi connectivity index (χ4v) is 1.78. The van der Waals surface area contributed by atoms with Crippen molar-refractivity contribution >= 4 is 11.6 Å². The number of hydrogen-bond acceptors (Lipinski definition) is 2. The second-order valence-corrected chi connectivity index (χ2v) is 3.83. The van der Waals surface area contributed by atoms with Crippen LogP contribution in [0.2, 0.25) is 5.15 Å². The normalized spacial score (nSPS) is 10.3. The number of pyridine rings is 1. The third-order valence-corrected chi connectivity index (χ3v) is 2.49. The molecule has 0 aliphatic carbocycles. The van der Waals surface area contributed by atoms with Crippen LogP contribution in [0.4, 0.5) is 4.39 Å². The van der Waals surface area contributed by atoms with Gasteiger partial charge in [0.25, 0.3) is 0 Å². The molecule has 2 aromatic rings. The number of methoxy groups -OCH3 is 1. The molecule has 1 aromatic carbocycles. The van der Waals surface area contributed by atoms with E-state index in [1.165, 1.54) is 31.4 Å². The minimum atomic E-state index is -0.405. The number of hydrogen-bond donors (Lipinski definition) is 1. The highest BCUT2D eigenvalue weighted by Gasteiger charge is 2.08. The summed E-state index contributed by atoms with van der Waals surface area (Å²) >= 11 is 5.75. The van der Waals surface area contributed by atoms with Gasteiger partial charge in [-0.2, -0.15) is 0 Å². The van der Waals surface area contributed by atoms with Crippen molar-refractivity contribution in [1.82, 2.24) is 4.98 Å². The molecule has 1 aromatic heterocycles. The number of nitrogens with one attached hydrogen (secondary N) is 1. The van der Waals surface area contributed by atoms with E-state index in [0.717, 1.165) is 0 Å². The quantitative estimate of drug-likeness (QED) is 0.837. The fraction of sp³-hybridized carbons (Fsp3) is 0.0833. The second-order valence-electron chi connectivity index (χ2n) is 3.43. The van der Waals surface area contributed by atoms with Crippen LogP contribution in [-0.4, -0.2) is 12.1 Å². The third-order valence-electron chi connectivity index (χ3n) is 2.28. The van der Waals surface area contributed by atoms with Crippen molar-refractivity contribution in [3.8, 4) is 16.9 Å². The minimum absolute atomic E-state index is 0.193. The molecule has 0 saturated carbocycles. The highest BCUT2D eigenvalue weighted by Crippen LogP contribution is 2.30. The van der Waals surface area contributed by atoms with E-state index in [2.05, 4.69) is 4.98 Å². The topological polar surface area (TPSA) is 42.1 Å². The third kappa shape index (κ3) is 2.47. The molecule has 0 radical (unpaired) electrons. The average Bonchev–Trinajstić information content (AvgIpc) is 2.27. The zero-order chi connectivity index (χ0) is 12.4. The summed E-state index contributed by atoms with van der Waals surface area (Å²) < 4.78 is 18.3. The number of rotatable bonds is 2. The van der Waals surface area contributed by atoms with Gasteiger partial charge in [-0.1, -0.05) is 11.6 Å². The Morgan fingerprint density at radius 3 is 2.71 bits per heavy atom. The minimum Gasteiger partial charge on any atom is -0.496 e. The summed E-state index contributed by atoms with van der Waals surface area (Å²) in [5, 5.41) is 0.193. The van der Waals surface area contributed by atoms with Gasteiger partial charge in [-0.25, -0.2) is 4.39 Å². The van der Waals surface area contributed by atoms with Crippen LogP contribution in [-0.2, 0) is 0 Å². The van der Waals surface area contributed by atoms with E-state index in [9.17, 15) is 9.18 Å². The van der Waals surface area contributed by atoms with Crippen molar-refractivity contribution in [3.63, 3.8) is 0 Å². The van der Waals surface area contributed by atoms with E-state index in [4.69, 9.17) is 16.3 Å². The van der Waals surface area contributed by atoms with Gasteiger partial charge in [0.15, 0.2) is 0 Å². The highest BCUT2D eigenvalue weighted by molar-refractivity contribution is 6.29. The van der Waals surface area contributed by atoms with Crippen molar-refractivity contribution in [2.75, 3.05) is 7.11 Å². The van der Waals surface area contributed by atoms with E-state index < -0.39 is 5.82 Å². The lowest BCUT2D eigenvalue weighted by Gasteiger charge is -2.08. The maximum absolute atomic E-state index is 13.2. The molecule has 0 bridgehead atoms. The summed E-state index contributed by atoms with van der Waals surface area (Å²) in [5.41, 5.74) is 0.648. The lowest BCUT2D eigenvalue weighted by Crippen LogP contribution is -2.04. The lowest BCUT2D eigenvalue weighted by molar-refractivity contribution is 0.415. The smallest absolute Gasteiger partial charge is 0.249 e. The molecule has 17 heavy (non-hydrogen) atoms. The van der Waals surface area contributed by atoms with Crippen molar-refractivity contribution in [2.45, 2.75) is 0 Å². The van der Waals surface area contributed by atoms with Crippen molar-refractivity contribution in [1.29, 1.82) is 0 Å². The first-order valence-corrected chi connectivity index (χ1v) is 5.22.